The summed E-state index contributed by atoms with van der Waals surface area (Å²) in [5, 5.41) is 3.43. The number of hydrogen-bond acceptors (Lipinski definition) is 2. The summed E-state index contributed by atoms with van der Waals surface area (Å²) in [6, 6.07) is 0.698. The van der Waals surface area contributed by atoms with Gasteiger partial charge in [0.1, 0.15) is 0 Å². The Bertz CT molecular complexity index is 141. The van der Waals surface area contributed by atoms with Gasteiger partial charge in [-0.05, 0) is 44.6 Å². The Morgan fingerprint density at radius 1 is 1.36 bits per heavy atom. The lowest BCUT2D eigenvalue weighted by atomic mass is 9.94. The Balaban J connectivity index is 2.16. The molecule has 0 aromatic heterocycles. The molecule has 0 aromatic rings. The second-order valence-electron chi connectivity index (χ2n) is 4.92. The van der Waals surface area contributed by atoms with Crippen molar-refractivity contribution in [1.82, 2.24) is 5.32 Å². The standard InChI is InChI=1S/C12H25NO/c1-10(2)4-5-12(13-3)8-11-6-7-14-9-11/h10-13H,4-9H2,1-3H3. The van der Waals surface area contributed by atoms with Crippen molar-refractivity contribution in [3.63, 3.8) is 0 Å². The molecule has 84 valence electrons. The number of rotatable bonds is 6. The van der Waals surface area contributed by atoms with Gasteiger partial charge in [0.2, 0.25) is 0 Å². The zero-order chi connectivity index (χ0) is 10.4. The van der Waals surface area contributed by atoms with Crippen LogP contribution in [0.5, 0.6) is 0 Å². The molecule has 1 aliphatic heterocycles. The summed E-state index contributed by atoms with van der Waals surface area (Å²) < 4.78 is 5.40. The molecule has 0 bridgehead atoms. The van der Waals surface area contributed by atoms with Crippen LogP contribution in [0.2, 0.25) is 0 Å². The van der Waals surface area contributed by atoms with Gasteiger partial charge in [-0.15, -0.1) is 0 Å². The minimum Gasteiger partial charge on any atom is -0.381 e. The van der Waals surface area contributed by atoms with Crippen LogP contribution in [0.25, 0.3) is 0 Å². The van der Waals surface area contributed by atoms with Crippen LogP contribution in [0.1, 0.15) is 39.5 Å². The summed E-state index contributed by atoms with van der Waals surface area (Å²) in [6.07, 6.45) is 5.20. The van der Waals surface area contributed by atoms with Gasteiger partial charge in [0.25, 0.3) is 0 Å². The molecule has 0 spiro atoms. The van der Waals surface area contributed by atoms with Gasteiger partial charge in [0.15, 0.2) is 0 Å². The molecule has 2 heteroatoms. The van der Waals surface area contributed by atoms with Crippen molar-refractivity contribution in [3.05, 3.63) is 0 Å². The van der Waals surface area contributed by atoms with Crippen molar-refractivity contribution >= 4 is 0 Å². The van der Waals surface area contributed by atoms with Gasteiger partial charge >= 0.3 is 0 Å². The third-order valence-electron chi connectivity index (χ3n) is 3.14. The summed E-state index contributed by atoms with van der Waals surface area (Å²) in [5.41, 5.74) is 0. The van der Waals surface area contributed by atoms with Crippen molar-refractivity contribution in [1.29, 1.82) is 0 Å². The first-order valence-electron chi connectivity index (χ1n) is 5.97. The van der Waals surface area contributed by atoms with E-state index in [9.17, 15) is 0 Å². The van der Waals surface area contributed by atoms with E-state index in [0.29, 0.717) is 6.04 Å². The zero-order valence-corrected chi connectivity index (χ0v) is 9.88. The van der Waals surface area contributed by atoms with Crippen LogP contribution in [0.4, 0.5) is 0 Å². The lowest BCUT2D eigenvalue weighted by Gasteiger charge is -2.20. The van der Waals surface area contributed by atoms with E-state index < -0.39 is 0 Å². The van der Waals surface area contributed by atoms with Crippen LogP contribution in [0.3, 0.4) is 0 Å². The molecule has 1 fully saturated rings. The van der Waals surface area contributed by atoms with Crippen molar-refractivity contribution in [3.8, 4) is 0 Å². The van der Waals surface area contributed by atoms with E-state index in [4.69, 9.17) is 4.74 Å². The first kappa shape index (κ1) is 12.0. The van der Waals surface area contributed by atoms with Crippen molar-refractivity contribution in [2.24, 2.45) is 11.8 Å². The van der Waals surface area contributed by atoms with Gasteiger partial charge in [-0.2, -0.15) is 0 Å². The summed E-state index contributed by atoms with van der Waals surface area (Å²) in [7, 11) is 2.08. The van der Waals surface area contributed by atoms with Crippen molar-refractivity contribution < 1.29 is 4.74 Å². The fourth-order valence-electron chi connectivity index (χ4n) is 2.09. The number of nitrogens with one attached hydrogen (secondary N) is 1. The Morgan fingerprint density at radius 2 is 2.14 bits per heavy atom. The summed E-state index contributed by atoms with van der Waals surface area (Å²) in [6.45, 7) is 6.56. The summed E-state index contributed by atoms with van der Waals surface area (Å²) >= 11 is 0. The molecule has 1 N–H and O–H groups in total. The molecule has 0 aromatic carbocycles. The maximum Gasteiger partial charge on any atom is 0.0495 e. The largest absolute Gasteiger partial charge is 0.381 e. The van der Waals surface area contributed by atoms with Crippen LogP contribution in [-0.2, 0) is 4.74 Å². The lowest BCUT2D eigenvalue weighted by Crippen LogP contribution is -2.28. The van der Waals surface area contributed by atoms with E-state index in [1.54, 1.807) is 0 Å². The quantitative estimate of drug-likeness (QED) is 0.709. The Morgan fingerprint density at radius 3 is 2.64 bits per heavy atom. The maximum atomic E-state index is 5.40. The Kier molecular flexibility index (Phi) is 5.49. The highest BCUT2D eigenvalue weighted by Gasteiger charge is 2.19. The average Bonchev–Trinajstić information content (AvgIpc) is 2.64. The third-order valence-corrected chi connectivity index (χ3v) is 3.14. The van der Waals surface area contributed by atoms with Crippen LogP contribution in [0, 0.1) is 11.8 Å². The van der Waals surface area contributed by atoms with Gasteiger partial charge in [-0.3, -0.25) is 0 Å². The summed E-state index contributed by atoms with van der Waals surface area (Å²) in [5.74, 6) is 1.63. The van der Waals surface area contributed by atoms with Gasteiger partial charge in [0, 0.05) is 19.3 Å². The van der Waals surface area contributed by atoms with Crippen molar-refractivity contribution in [2.75, 3.05) is 20.3 Å². The van der Waals surface area contributed by atoms with E-state index in [1.807, 2.05) is 0 Å². The second kappa shape index (κ2) is 6.41. The lowest BCUT2D eigenvalue weighted by molar-refractivity contribution is 0.181. The first-order chi connectivity index (χ1) is 6.72. The van der Waals surface area contributed by atoms with E-state index in [0.717, 1.165) is 25.0 Å². The number of ether oxygens (including phenoxy) is 1. The van der Waals surface area contributed by atoms with Crippen LogP contribution in [0.15, 0.2) is 0 Å². The minimum atomic E-state index is 0.698. The third kappa shape index (κ3) is 4.43. The monoisotopic (exact) mass is 199 g/mol. The molecular formula is C12H25NO. The molecule has 1 aliphatic rings. The molecule has 0 aliphatic carbocycles. The molecule has 0 saturated carbocycles. The fourth-order valence-corrected chi connectivity index (χ4v) is 2.09. The SMILES string of the molecule is CNC(CCC(C)C)CC1CCOC1. The topological polar surface area (TPSA) is 21.3 Å². The predicted octanol–water partition coefficient (Wildman–Crippen LogP) is 2.44. The van der Waals surface area contributed by atoms with Gasteiger partial charge in [-0.25, -0.2) is 0 Å². The molecular weight excluding hydrogens is 174 g/mol. The molecule has 1 heterocycles. The van der Waals surface area contributed by atoms with Gasteiger partial charge in [-0.1, -0.05) is 13.8 Å². The molecule has 2 atom stereocenters. The van der Waals surface area contributed by atoms with Gasteiger partial charge < -0.3 is 10.1 Å². The first-order valence-corrected chi connectivity index (χ1v) is 5.97. The van der Waals surface area contributed by atoms with Gasteiger partial charge in [0.05, 0.1) is 0 Å². The van der Waals surface area contributed by atoms with E-state index in [1.165, 1.54) is 25.7 Å². The van der Waals surface area contributed by atoms with Crippen LogP contribution in [-0.4, -0.2) is 26.3 Å². The Labute approximate surface area is 88.4 Å². The number of hydrogen-bond donors (Lipinski definition) is 1. The highest BCUT2D eigenvalue weighted by Crippen LogP contribution is 2.20. The molecule has 2 unspecified atom stereocenters. The molecule has 1 saturated heterocycles. The maximum absolute atomic E-state index is 5.40. The minimum absolute atomic E-state index is 0.698. The predicted molar refractivity (Wildman–Crippen MR) is 60.5 cm³/mol. The Hall–Kier alpha value is -0.0800. The van der Waals surface area contributed by atoms with E-state index in [-0.39, 0.29) is 0 Å². The molecule has 14 heavy (non-hydrogen) atoms. The van der Waals surface area contributed by atoms with Crippen LogP contribution >= 0.6 is 0 Å². The molecule has 1 rings (SSSR count). The smallest absolute Gasteiger partial charge is 0.0495 e. The summed E-state index contributed by atoms with van der Waals surface area (Å²) in [4.78, 5) is 0. The molecule has 2 nitrogen and oxygen atoms in total. The average molecular weight is 199 g/mol. The van der Waals surface area contributed by atoms with E-state index >= 15 is 0 Å². The van der Waals surface area contributed by atoms with Crippen molar-refractivity contribution in [2.45, 2.75) is 45.6 Å². The zero-order valence-electron chi connectivity index (χ0n) is 9.88. The second-order valence-corrected chi connectivity index (χ2v) is 4.92. The normalized spacial score (nSPS) is 24.4. The molecule has 0 radical (unpaired) electrons. The highest BCUT2D eigenvalue weighted by atomic mass is 16.5. The van der Waals surface area contributed by atoms with E-state index in [2.05, 4.69) is 26.2 Å². The van der Waals surface area contributed by atoms with Crippen LogP contribution < -0.4 is 5.32 Å². The molecule has 0 amide bonds. The highest BCUT2D eigenvalue weighted by molar-refractivity contribution is 4.73. The fraction of sp³-hybridized carbons (Fsp3) is 1.00.